The highest BCUT2D eigenvalue weighted by molar-refractivity contribution is 6.30. The minimum Gasteiger partial charge on any atom is -0.324 e. The number of nitrogens with one attached hydrogen (secondary N) is 1. The molecule has 0 aliphatic carbocycles. The van der Waals surface area contributed by atoms with Crippen molar-refractivity contribution in [1.82, 2.24) is 4.90 Å². The van der Waals surface area contributed by atoms with Gasteiger partial charge in [0.15, 0.2) is 0 Å². The van der Waals surface area contributed by atoms with Crippen molar-refractivity contribution in [2.24, 2.45) is 0 Å². The number of amides is 3. The second-order valence-electron chi connectivity index (χ2n) is 3.58. The highest BCUT2D eigenvalue weighted by atomic mass is 35.5. The maximum atomic E-state index is 11.8. The Bertz CT molecular complexity index is 527. The summed E-state index contributed by atoms with van der Waals surface area (Å²) in [4.78, 5) is 35.7. The zero-order chi connectivity index (χ0) is 12.6. The number of carbonyl (C=O) groups is 3. The monoisotopic (exact) mass is 252 g/mol. The molecule has 1 aliphatic heterocycles. The van der Waals surface area contributed by atoms with E-state index in [0.29, 0.717) is 11.3 Å². The topological polar surface area (TPSA) is 66.5 Å². The summed E-state index contributed by atoms with van der Waals surface area (Å²) < 4.78 is 0. The van der Waals surface area contributed by atoms with Crippen molar-refractivity contribution >= 4 is 35.0 Å². The van der Waals surface area contributed by atoms with Gasteiger partial charge in [0, 0.05) is 7.05 Å². The smallest absolute Gasteiger partial charge is 0.263 e. The number of rotatable bonds is 2. The van der Waals surface area contributed by atoms with Crippen LogP contribution in [-0.4, -0.2) is 35.5 Å². The molecule has 0 bridgehead atoms. The number of imide groups is 1. The lowest BCUT2D eigenvalue weighted by Crippen LogP contribution is -2.24. The minimum atomic E-state index is -0.421. The average Bonchev–Trinajstić information content (AvgIpc) is 2.55. The lowest BCUT2D eigenvalue weighted by Gasteiger charge is -2.07. The van der Waals surface area contributed by atoms with Crippen LogP contribution in [-0.2, 0) is 4.79 Å². The van der Waals surface area contributed by atoms with Gasteiger partial charge in [-0.05, 0) is 12.1 Å². The van der Waals surface area contributed by atoms with E-state index in [9.17, 15) is 14.4 Å². The van der Waals surface area contributed by atoms with Crippen molar-refractivity contribution in [1.29, 1.82) is 0 Å². The molecule has 0 fully saturated rings. The number of fused-ring (bicyclic) bond motifs is 1. The van der Waals surface area contributed by atoms with Gasteiger partial charge in [0.1, 0.15) is 5.88 Å². The second-order valence-corrected chi connectivity index (χ2v) is 3.85. The van der Waals surface area contributed by atoms with Gasteiger partial charge in [-0.1, -0.05) is 6.07 Å². The SMILES string of the molecule is CN1C(=O)c2cccc(NC(=O)CCl)c2C1=O. The quantitative estimate of drug-likeness (QED) is 0.633. The van der Waals surface area contributed by atoms with E-state index in [2.05, 4.69) is 5.32 Å². The Morgan fingerprint density at radius 2 is 2.06 bits per heavy atom. The second kappa shape index (κ2) is 4.18. The summed E-state index contributed by atoms with van der Waals surface area (Å²) in [6.45, 7) is 0. The highest BCUT2D eigenvalue weighted by Crippen LogP contribution is 2.28. The van der Waals surface area contributed by atoms with Crippen LogP contribution >= 0.6 is 11.6 Å². The average molecular weight is 253 g/mol. The van der Waals surface area contributed by atoms with Crippen LogP contribution in [0.2, 0.25) is 0 Å². The molecule has 0 saturated carbocycles. The molecule has 17 heavy (non-hydrogen) atoms. The summed E-state index contributed by atoms with van der Waals surface area (Å²) in [5, 5.41) is 2.49. The first-order valence-corrected chi connectivity index (χ1v) is 5.41. The molecule has 1 heterocycles. The van der Waals surface area contributed by atoms with Gasteiger partial charge in [0.2, 0.25) is 5.91 Å². The molecular weight excluding hydrogens is 244 g/mol. The van der Waals surface area contributed by atoms with Crippen molar-refractivity contribution in [3.63, 3.8) is 0 Å². The van der Waals surface area contributed by atoms with Crippen LogP contribution in [0.1, 0.15) is 20.7 Å². The molecule has 0 spiro atoms. The number of hydrogen-bond acceptors (Lipinski definition) is 3. The number of alkyl halides is 1. The van der Waals surface area contributed by atoms with E-state index in [1.165, 1.54) is 7.05 Å². The molecule has 1 aromatic rings. The lowest BCUT2D eigenvalue weighted by molar-refractivity contribution is -0.113. The third-order valence-corrected chi connectivity index (χ3v) is 2.76. The zero-order valence-corrected chi connectivity index (χ0v) is 9.75. The standard InChI is InChI=1S/C11H9ClN2O3/c1-14-10(16)6-3-2-4-7(9(6)11(14)17)13-8(15)5-12/h2-4H,5H2,1H3,(H,13,15). The van der Waals surface area contributed by atoms with E-state index in [-0.39, 0.29) is 17.4 Å². The molecule has 88 valence electrons. The number of carbonyl (C=O) groups excluding carboxylic acids is 3. The summed E-state index contributed by atoms with van der Waals surface area (Å²) in [6, 6.07) is 4.72. The Morgan fingerprint density at radius 3 is 2.71 bits per heavy atom. The first kappa shape index (κ1) is 11.6. The van der Waals surface area contributed by atoms with Crippen molar-refractivity contribution in [3.8, 4) is 0 Å². The Balaban J connectivity index is 2.49. The van der Waals surface area contributed by atoms with Gasteiger partial charge in [-0.3, -0.25) is 19.3 Å². The molecule has 5 nitrogen and oxygen atoms in total. The first-order chi connectivity index (χ1) is 8.06. The molecule has 0 radical (unpaired) electrons. The van der Waals surface area contributed by atoms with Crippen LogP contribution in [0.25, 0.3) is 0 Å². The van der Waals surface area contributed by atoms with E-state index >= 15 is 0 Å². The largest absolute Gasteiger partial charge is 0.324 e. The normalized spacial score (nSPS) is 13.9. The number of halogens is 1. The third-order valence-electron chi connectivity index (χ3n) is 2.51. The predicted octanol–water partition coefficient (Wildman–Crippen LogP) is 1.09. The predicted molar refractivity (Wildman–Crippen MR) is 62.2 cm³/mol. The maximum Gasteiger partial charge on any atom is 0.263 e. The van der Waals surface area contributed by atoms with Gasteiger partial charge < -0.3 is 5.32 Å². The molecule has 1 aromatic carbocycles. The Labute approximate surface area is 102 Å². The summed E-state index contributed by atoms with van der Waals surface area (Å²) in [6.07, 6.45) is 0. The fraction of sp³-hybridized carbons (Fsp3) is 0.182. The van der Waals surface area contributed by atoms with Crippen LogP contribution in [0.15, 0.2) is 18.2 Å². The summed E-state index contributed by atoms with van der Waals surface area (Å²) in [5.41, 5.74) is 0.833. The zero-order valence-electron chi connectivity index (χ0n) is 8.99. The Morgan fingerprint density at radius 1 is 1.35 bits per heavy atom. The van der Waals surface area contributed by atoms with Crippen LogP contribution in [0.5, 0.6) is 0 Å². The van der Waals surface area contributed by atoms with E-state index in [1.807, 2.05) is 0 Å². The molecule has 0 aromatic heterocycles. The molecule has 6 heteroatoms. The first-order valence-electron chi connectivity index (χ1n) is 4.87. The molecule has 0 atom stereocenters. The van der Waals surface area contributed by atoms with Crippen molar-refractivity contribution in [2.45, 2.75) is 0 Å². The molecular formula is C11H9ClN2O3. The van der Waals surface area contributed by atoms with Crippen LogP contribution in [0.3, 0.4) is 0 Å². The van der Waals surface area contributed by atoms with Crippen molar-refractivity contribution in [3.05, 3.63) is 29.3 Å². The Kier molecular flexibility index (Phi) is 2.85. The van der Waals surface area contributed by atoms with E-state index in [1.54, 1.807) is 18.2 Å². The van der Waals surface area contributed by atoms with Gasteiger partial charge in [-0.2, -0.15) is 0 Å². The van der Waals surface area contributed by atoms with E-state index in [4.69, 9.17) is 11.6 Å². The highest BCUT2D eigenvalue weighted by Gasteiger charge is 2.34. The molecule has 1 aliphatic rings. The molecule has 1 N–H and O–H groups in total. The summed E-state index contributed by atoms with van der Waals surface area (Å²) >= 11 is 5.37. The van der Waals surface area contributed by atoms with Gasteiger partial charge in [0.25, 0.3) is 11.8 Å². The fourth-order valence-electron chi connectivity index (χ4n) is 1.69. The van der Waals surface area contributed by atoms with Gasteiger partial charge in [0.05, 0.1) is 16.8 Å². The number of benzene rings is 1. The van der Waals surface area contributed by atoms with Crippen LogP contribution in [0.4, 0.5) is 5.69 Å². The van der Waals surface area contributed by atoms with Gasteiger partial charge in [-0.25, -0.2) is 0 Å². The molecule has 3 amide bonds. The summed E-state index contributed by atoms with van der Waals surface area (Å²) in [5.74, 6) is -1.42. The maximum absolute atomic E-state index is 11.8. The minimum absolute atomic E-state index is 0.207. The van der Waals surface area contributed by atoms with Crippen molar-refractivity contribution < 1.29 is 14.4 Å². The van der Waals surface area contributed by atoms with Gasteiger partial charge in [-0.15, -0.1) is 11.6 Å². The number of nitrogens with zero attached hydrogens (tertiary/aromatic N) is 1. The third kappa shape index (κ3) is 1.78. The number of anilines is 1. The molecule has 0 unspecified atom stereocenters. The van der Waals surface area contributed by atoms with Crippen LogP contribution in [0, 0.1) is 0 Å². The van der Waals surface area contributed by atoms with Gasteiger partial charge >= 0.3 is 0 Å². The van der Waals surface area contributed by atoms with Crippen LogP contribution < -0.4 is 5.32 Å². The molecule has 2 rings (SSSR count). The lowest BCUT2D eigenvalue weighted by atomic mass is 10.1. The van der Waals surface area contributed by atoms with E-state index in [0.717, 1.165) is 4.90 Å². The number of hydrogen-bond donors (Lipinski definition) is 1. The van der Waals surface area contributed by atoms with E-state index < -0.39 is 11.8 Å². The summed E-state index contributed by atoms with van der Waals surface area (Å²) in [7, 11) is 1.40. The fourth-order valence-corrected chi connectivity index (χ4v) is 1.76. The van der Waals surface area contributed by atoms with Crippen molar-refractivity contribution in [2.75, 3.05) is 18.2 Å². The Hall–Kier alpha value is -1.88. The molecule has 0 saturated heterocycles.